The standard InChI is InChI=1S/C22H37ClFN3O3/c1-5-7-8-15(16(24)12-23)18-19(25)17(11-22(3,4)6-2)27-20(18)21(30)26-10-9-14(29)13-28/h5,7-8,14,17-20,27-29H,1,6,9-13,25H2,2-4H3,(H,26,30)/b8-7-,16-15-/t14-,17-,18+,19?,20+/m0/s1. The molecule has 1 unspecified atom stereocenters. The number of alkyl halides is 1. The molecule has 1 aliphatic rings. The maximum absolute atomic E-state index is 14.7. The zero-order chi connectivity index (χ0) is 22.9. The summed E-state index contributed by atoms with van der Waals surface area (Å²) in [5.74, 6) is -1.78. The van der Waals surface area contributed by atoms with E-state index in [1.165, 1.54) is 6.08 Å². The molecular weight excluding hydrogens is 409 g/mol. The fourth-order valence-corrected chi connectivity index (χ4v) is 3.83. The average molecular weight is 446 g/mol. The number of rotatable bonds is 12. The highest BCUT2D eigenvalue weighted by atomic mass is 35.5. The van der Waals surface area contributed by atoms with E-state index in [4.69, 9.17) is 22.4 Å². The zero-order valence-electron chi connectivity index (χ0n) is 18.2. The van der Waals surface area contributed by atoms with Crippen LogP contribution in [0.15, 0.2) is 36.2 Å². The molecule has 0 bridgehead atoms. The van der Waals surface area contributed by atoms with E-state index in [0.717, 1.165) is 12.8 Å². The van der Waals surface area contributed by atoms with Crippen LogP contribution in [0.25, 0.3) is 0 Å². The van der Waals surface area contributed by atoms with Gasteiger partial charge in [0, 0.05) is 24.5 Å². The van der Waals surface area contributed by atoms with E-state index in [2.05, 4.69) is 38.0 Å². The summed E-state index contributed by atoms with van der Waals surface area (Å²) < 4.78 is 14.7. The Morgan fingerprint density at radius 2 is 2.13 bits per heavy atom. The zero-order valence-corrected chi connectivity index (χ0v) is 19.0. The van der Waals surface area contributed by atoms with Crippen molar-refractivity contribution in [3.8, 4) is 0 Å². The highest BCUT2D eigenvalue weighted by Crippen LogP contribution is 2.36. The van der Waals surface area contributed by atoms with E-state index in [9.17, 15) is 14.3 Å². The maximum atomic E-state index is 14.7. The van der Waals surface area contributed by atoms with Crippen LogP contribution < -0.4 is 16.4 Å². The summed E-state index contributed by atoms with van der Waals surface area (Å²) in [4.78, 5) is 12.9. The van der Waals surface area contributed by atoms with Gasteiger partial charge in [-0.1, -0.05) is 52.0 Å². The molecular formula is C22H37ClFN3O3. The molecule has 0 radical (unpaired) electrons. The Balaban J connectivity index is 3.19. The summed E-state index contributed by atoms with van der Waals surface area (Å²) >= 11 is 5.77. The Kier molecular flexibility index (Phi) is 11.2. The lowest BCUT2D eigenvalue weighted by atomic mass is 9.79. The predicted molar refractivity (Wildman–Crippen MR) is 120 cm³/mol. The van der Waals surface area contributed by atoms with Gasteiger partial charge >= 0.3 is 0 Å². The Morgan fingerprint density at radius 1 is 1.47 bits per heavy atom. The van der Waals surface area contributed by atoms with E-state index < -0.39 is 29.9 Å². The van der Waals surface area contributed by atoms with E-state index in [0.29, 0.717) is 0 Å². The van der Waals surface area contributed by atoms with Crippen molar-refractivity contribution in [3.63, 3.8) is 0 Å². The van der Waals surface area contributed by atoms with Crippen LogP contribution in [-0.2, 0) is 4.79 Å². The Morgan fingerprint density at radius 3 is 2.67 bits per heavy atom. The third-order valence-electron chi connectivity index (χ3n) is 5.83. The van der Waals surface area contributed by atoms with Gasteiger partial charge in [0.05, 0.1) is 24.6 Å². The number of carbonyl (C=O) groups is 1. The van der Waals surface area contributed by atoms with Gasteiger partial charge in [0.1, 0.15) is 5.83 Å². The molecule has 0 saturated carbocycles. The van der Waals surface area contributed by atoms with Crippen LogP contribution in [0.3, 0.4) is 0 Å². The molecule has 5 atom stereocenters. The van der Waals surface area contributed by atoms with Crippen LogP contribution in [-0.4, -0.2) is 59.4 Å². The first-order valence-electron chi connectivity index (χ1n) is 10.4. The van der Waals surface area contributed by atoms with E-state index in [1.807, 2.05) is 0 Å². The quantitative estimate of drug-likeness (QED) is 0.234. The number of hydrogen-bond acceptors (Lipinski definition) is 5. The lowest BCUT2D eigenvalue weighted by Gasteiger charge is -2.29. The van der Waals surface area contributed by atoms with Gasteiger partial charge in [0.15, 0.2) is 0 Å². The first-order chi connectivity index (χ1) is 14.1. The minimum Gasteiger partial charge on any atom is -0.394 e. The van der Waals surface area contributed by atoms with E-state index >= 15 is 0 Å². The molecule has 1 amide bonds. The highest BCUT2D eigenvalue weighted by molar-refractivity contribution is 6.19. The van der Waals surface area contributed by atoms with Crippen molar-refractivity contribution in [2.45, 2.75) is 64.3 Å². The molecule has 0 aromatic rings. The smallest absolute Gasteiger partial charge is 0.237 e. The Hall–Kier alpha value is -1.25. The average Bonchev–Trinajstić information content (AvgIpc) is 3.03. The molecule has 0 aliphatic carbocycles. The van der Waals surface area contributed by atoms with E-state index in [-0.39, 0.29) is 48.4 Å². The third-order valence-corrected chi connectivity index (χ3v) is 6.07. The molecule has 1 heterocycles. The van der Waals surface area contributed by atoms with Gasteiger partial charge in [-0.15, -0.1) is 11.6 Å². The first kappa shape index (κ1) is 26.8. The largest absolute Gasteiger partial charge is 0.394 e. The summed E-state index contributed by atoms with van der Waals surface area (Å²) in [5.41, 5.74) is 6.85. The second-order valence-corrected chi connectivity index (χ2v) is 8.85. The Bertz CT molecular complexity index is 639. The monoisotopic (exact) mass is 445 g/mol. The topological polar surface area (TPSA) is 108 Å². The lowest BCUT2D eigenvalue weighted by Crippen LogP contribution is -2.47. The van der Waals surface area contributed by atoms with Crippen molar-refractivity contribution in [2.75, 3.05) is 19.0 Å². The minimum absolute atomic E-state index is 0.00228. The number of halogens is 2. The lowest BCUT2D eigenvalue weighted by molar-refractivity contribution is -0.123. The molecule has 1 saturated heterocycles. The van der Waals surface area contributed by atoms with Gasteiger partial charge in [-0.05, 0) is 23.8 Å². The molecule has 0 spiro atoms. The van der Waals surface area contributed by atoms with Gasteiger partial charge in [-0.25, -0.2) is 4.39 Å². The van der Waals surface area contributed by atoms with Gasteiger partial charge in [0.2, 0.25) is 5.91 Å². The minimum atomic E-state index is -0.905. The number of aliphatic hydroxyl groups is 2. The second kappa shape index (κ2) is 12.6. The molecule has 6 N–H and O–H groups in total. The fourth-order valence-electron chi connectivity index (χ4n) is 3.67. The predicted octanol–water partition coefficient (Wildman–Crippen LogP) is 2.16. The molecule has 1 rings (SSSR count). The molecule has 1 aliphatic heterocycles. The third kappa shape index (κ3) is 7.46. The fraction of sp³-hybridized carbons (Fsp3) is 0.682. The molecule has 6 nitrogen and oxygen atoms in total. The number of aliphatic hydroxyl groups excluding tert-OH is 2. The van der Waals surface area contributed by atoms with Crippen molar-refractivity contribution in [1.82, 2.24) is 10.6 Å². The molecule has 0 aromatic carbocycles. The van der Waals surface area contributed by atoms with Crippen LogP contribution in [0.4, 0.5) is 4.39 Å². The van der Waals surface area contributed by atoms with Crippen LogP contribution in [0, 0.1) is 11.3 Å². The van der Waals surface area contributed by atoms with Crippen molar-refractivity contribution in [1.29, 1.82) is 0 Å². The maximum Gasteiger partial charge on any atom is 0.237 e. The van der Waals surface area contributed by atoms with Gasteiger partial charge < -0.3 is 26.6 Å². The molecule has 172 valence electrons. The van der Waals surface area contributed by atoms with Crippen LogP contribution in [0.5, 0.6) is 0 Å². The van der Waals surface area contributed by atoms with Gasteiger partial charge in [-0.2, -0.15) is 0 Å². The van der Waals surface area contributed by atoms with Crippen molar-refractivity contribution < 1.29 is 19.4 Å². The molecule has 1 fully saturated rings. The number of nitrogens with one attached hydrogen (secondary N) is 2. The molecule has 30 heavy (non-hydrogen) atoms. The van der Waals surface area contributed by atoms with Crippen LogP contribution in [0.2, 0.25) is 0 Å². The van der Waals surface area contributed by atoms with Crippen molar-refractivity contribution >= 4 is 17.5 Å². The summed E-state index contributed by atoms with van der Waals surface area (Å²) in [6, 6.07) is -1.42. The van der Waals surface area contributed by atoms with Gasteiger partial charge in [0.25, 0.3) is 0 Å². The van der Waals surface area contributed by atoms with Gasteiger partial charge in [-0.3, -0.25) is 4.79 Å². The first-order valence-corrected chi connectivity index (χ1v) is 11.0. The Labute approximate surface area is 184 Å². The summed E-state index contributed by atoms with van der Waals surface area (Å²) in [7, 11) is 0. The second-order valence-electron chi connectivity index (χ2n) is 8.58. The number of carbonyl (C=O) groups excluding carboxylic acids is 1. The summed E-state index contributed by atoms with van der Waals surface area (Å²) in [6.07, 6.45) is 5.68. The van der Waals surface area contributed by atoms with E-state index in [1.54, 1.807) is 12.2 Å². The van der Waals surface area contributed by atoms with Crippen LogP contribution in [0.1, 0.15) is 40.0 Å². The molecule has 8 heteroatoms. The normalized spacial score (nSPS) is 26.5. The number of allylic oxidation sites excluding steroid dienone is 4. The SMILES string of the molecule is C=C/C=C\C(=C(\F)CCl)[C@@H]1C(N)[C@H](CC(C)(C)CC)N[C@H]1C(=O)NCC[C@H](O)CO. The van der Waals surface area contributed by atoms with Crippen molar-refractivity contribution in [3.05, 3.63) is 36.2 Å². The number of hydrogen-bond donors (Lipinski definition) is 5. The summed E-state index contributed by atoms with van der Waals surface area (Å²) in [6.45, 7) is 9.79. The molecule has 0 aromatic heterocycles. The highest BCUT2D eigenvalue weighted by Gasteiger charge is 2.47. The summed E-state index contributed by atoms with van der Waals surface area (Å²) in [5, 5.41) is 24.5. The van der Waals surface area contributed by atoms with Crippen molar-refractivity contribution in [2.24, 2.45) is 17.1 Å². The van der Waals surface area contributed by atoms with Crippen LogP contribution >= 0.6 is 11.6 Å². The number of amides is 1. The number of nitrogens with two attached hydrogens (primary N) is 1.